The summed E-state index contributed by atoms with van der Waals surface area (Å²) in [6.45, 7) is 9.73. The Bertz CT molecular complexity index is 949. The number of fused-ring (bicyclic) bond motifs is 1. The van der Waals surface area contributed by atoms with Gasteiger partial charge in [-0.3, -0.25) is 0 Å². The Morgan fingerprint density at radius 1 is 1.14 bits per heavy atom. The van der Waals surface area contributed by atoms with Crippen molar-refractivity contribution in [3.05, 3.63) is 54.0 Å². The largest absolute Gasteiger partial charge is 0.478 e. The predicted molar refractivity (Wildman–Crippen MR) is 117 cm³/mol. The molecular weight excluding hydrogens is 364 g/mol. The van der Waals surface area contributed by atoms with Crippen LogP contribution in [0.5, 0.6) is 5.88 Å². The summed E-state index contributed by atoms with van der Waals surface area (Å²) in [7, 11) is 0. The summed E-state index contributed by atoms with van der Waals surface area (Å²) >= 11 is 0. The molecule has 0 spiro atoms. The Morgan fingerprint density at radius 3 is 2.83 bits per heavy atom. The maximum Gasteiger partial charge on any atom is 0.218 e. The zero-order chi connectivity index (χ0) is 20.5. The number of para-hydroxylation sites is 2. The summed E-state index contributed by atoms with van der Waals surface area (Å²) in [6.07, 6.45) is 2.71. The Hall–Kier alpha value is -3.09. The summed E-state index contributed by atoms with van der Waals surface area (Å²) in [5, 5.41) is 6.71. The van der Waals surface area contributed by atoms with Gasteiger partial charge in [0.2, 0.25) is 5.88 Å². The van der Waals surface area contributed by atoms with Gasteiger partial charge in [-0.05, 0) is 45.4 Å². The second-order valence-corrected chi connectivity index (χ2v) is 6.68. The van der Waals surface area contributed by atoms with Gasteiger partial charge in [0.1, 0.15) is 5.82 Å². The van der Waals surface area contributed by atoms with Crippen LogP contribution in [0.3, 0.4) is 0 Å². The first kappa shape index (κ1) is 20.6. The van der Waals surface area contributed by atoms with Crippen molar-refractivity contribution in [1.82, 2.24) is 25.2 Å². The van der Waals surface area contributed by atoms with Crippen LogP contribution < -0.4 is 15.4 Å². The average Bonchev–Trinajstić information content (AvgIpc) is 3.05. The lowest BCUT2D eigenvalue weighted by Crippen LogP contribution is -2.38. The van der Waals surface area contributed by atoms with Crippen LogP contribution in [0, 0.1) is 6.92 Å². The molecule has 0 aliphatic carbocycles. The van der Waals surface area contributed by atoms with Crippen molar-refractivity contribution < 1.29 is 4.74 Å². The number of nitrogens with one attached hydrogen (secondary N) is 2. The van der Waals surface area contributed by atoms with Gasteiger partial charge in [-0.2, -0.15) is 0 Å². The first-order valence-electron chi connectivity index (χ1n) is 10.2. The molecule has 0 bridgehead atoms. The van der Waals surface area contributed by atoms with Crippen LogP contribution in [0.15, 0.2) is 47.6 Å². The minimum Gasteiger partial charge on any atom is -0.478 e. The number of aromatic nitrogens is 3. The van der Waals surface area contributed by atoms with Crippen LogP contribution in [-0.4, -0.2) is 40.2 Å². The van der Waals surface area contributed by atoms with Crippen molar-refractivity contribution in [1.29, 1.82) is 0 Å². The fourth-order valence-electron chi connectivity index (χ4n) is 3.24. The molecule has 0 radical (unpaired) electrons. The van der Waals surface area contributed by atoms with Crippen LogP contribution in [0.4, 0.5) is 0 Å². The van der Waals surface area contributed by atoms with Gasteiger partial charge in [0.05, 0.1) is 24.2 Å². The molecule has 29 heavy (non-hydrogen) atoms. The molecule has 0 atom stereocenters. The number of ether oxygens (including phenoxy) is 1. The quantitative estimate of drug-likeness (QED) is 0.331. The summed E-state index contributed by atoms with van der Waals surface area (Å²) < 4.78 is 7.85. The van der Waals surface area contributed by atoms with E-state index in [0.717, 1.165) is 48.9 Å². The zero-order valence-corrected chi connectivity index (χ0v) is 17.5. The van der Waals surface area contributed by atoms with Gasteiger partial charge in [0.25, 0.3) is 0 Å². The number of nitrogens with zero attached hydrogens (tertiary/aromatic N) is 4. The Morgan fingerprint density at radius 2 is 2.00 bits per heavy atom. The number of rotatable bonds is 9. The zero-order valence-electron chi connectivity index (χ0n) is 17.5. The highest BCUT2D eigenvalue weighted by atomic mass is 16.5. The minimum absolute atomic E-state index is 0.518. The van der Waals surface area contributed by atoms with E-state index < -0.39 is 0 Å². The van der Waals surface area contributed by atoms with E-state index in [1.54, 1.807) is 6.20 Å². The molecule has 7 heteroatoms. The predicted octanol–water partition coefficient (Wildman–Crippen LogP) is 3.28. The molecule has 0 amide bonds. The van der Waals surface area contributed by atoms with E-state index in [-0.39, 0.29) is 0 Å². The number of guanidine groups is 1. The smallest absolute Gasteiger partial charge is 0.218 e. The van der Waals surface area contributed by atoms with Crippen LogP contribution in [0.2, 0.25) is 0 Å². The van der Waals surface area contributed by atoms with Crippen molar-refractivity contribution in [2.75, 3.05) is 19.7 Å². The fraction of sp³-hybridized carbons (Fsp3) is 0.409. The molecule has 3 aromatic rings. The molecule has 0 aliphatic rings. The van der Waals surface area contributed by atoms with Crippen molar-refractivity contribution in [3.63, 3.8) is 0 Å². The van der Waals surface area contributed by atoms with Gasteiger partial charge in [0, 0.05) is 31.4 Å². The second kappa shape index (κ2) is 10.5. The fourth-order valence-corrected chi connectivity index (χ4v) is 3.24. The maximum absolute atomic E-state index is 5.59. The topological polar surface area (TPSA) is 76.4 Å². The SMILES string of the molecule is CCNC(=NCc1cccnc1OCC)NCCCn1c(C)nc2ccccc21. The summed E-state index contributed by atoms with van der Waals surface area (Å²) in [5.41, 5.74) is 3.21. The van der Waals surface area contributed by atoms with Gasteiger partial charge in [-0.1, -0.05) is 18.2 Å². The van der Waals surface area contributed by atoms with Crippen molar-refractivity contribution >= 4 is 17.0 Å². The molecule has 2 heterocycles. The molecule has 0 fully saturated rings. The van der Waals surface area contributed by atoms with Gasteiger partial charge < -0.3 is 19.9 Å². The van der Waals surface area contributed by atoms with E-state index in [1.165, 1.54) is 5.52 Å². The van der Waals surface area contributed by atoms with E-state index in [4.69, 9.17) is 4.74 Å². The molecule has 0 unspecified atom stereocenters. The Kier molecular flexibility index (Phi) is 7.44. The third-order valence-corrected chi connectivity index (χ3v) is 4.58. The van der Waals surface area contributed by atoms with Crippen molar-refractivity contribution in [2.45, 2.75) is 40.3 Å². The van der Waals surface area contributed by atoms with Crippen LogP contribution in [0.25, 0.3) is 11.0 Å². The van der Waals surface area contributed by atoms with Gasteiger partial charge in [0.15, 0.2) is 5.96 Å². The molecule has 3 rings (SSSR count). The molecule has 2 aromatic heterocycles. The number of pyridine rings is 1. The number of aliphatic imine (C=N–C) groups is 1. The number of hydrogen-bond acceptors (Lipinski definition) is 4. The molecule has 0 aliphatic heterocycles. The summed E-state index contributed by atoms with van der Waals surface area (Å²) in [5.74, 6) is 2.50. The average molecular weight is 395 g/mol. The lowest BCUT2D eigenvalue weighted by molar-refractivity contribution is 0.323. The normalized spacial score (nSPS) is 11.6. The van der Waals surface area contributed by atoms with Crippen LogP contribution >= 0.6 is 0 Å². The maximum atomic E-state index is 5.59. The van der Waals surface area contributed by atoms with Crippen molar-refractivity contribution in [3.8, 4) is 5.88 Å². The second-order valence-electron chi connectivity index (χ2n) is 6.68. The van der Waals surface area contributed by atoms with E-state index in [2.05, 4.69) is 62.2 Å². The van der Waals surface area contributed by atoms with Gasteiger partial charge >= 0.3 is 0 Å². The number of hydrogen-bond donors (Lipinski definition) is 2. The van der Waals surface area contributed by atoms with E-state index in [9.17, 15) is 0 Å². The monoisotopic (exact) mass is 394 g/mol. The molecule has 0 saturated heterocycles. The van der Waals surface area contributed by atoms with Gasteiger partial charge in [-0.15, -0.1) is 0 Å². The summed E-state index contributed by atoms with van der Waals surface area (Å²) in [4.78, 5) is 13.6. The summed E-state index contributed by atoms with van der Waals surface area (Å²) in [6, 6.07) is 12.2. The Labute approximate surface area is 172 Å². The van der Waals surface area contributed by atoms with E-state index >= 15 is 0 Å². The molecule has 7 nitrogen and oxygen atoms in total. The minimum atomic E-state index is 0.518. The standard InChI is InChI=1S/C22H30N6O/c1-4-23-22(26-16-18-10-8-13-24-21(18)29-5-2)25-14-9-15-28-17(3)27-19-11-6-7-12-20(19)28/h6-8,10-13H,4-5,9,14-16H2,1-3H3,(H2,23,25,26). The van der Waals surface area contributed by atoms with E-state index in [1.807, 2.05) is 25.1 Å². The Balaban J connectivity index is 1.57. The third kappa shape index (κ3) is 5.47. The first-order chi connectivity index (χ1) is 14.2. The molecule has 1 aromatic carbocycles. The highest BCUT2D eigenvalue weighted by molar-refractivity contribution is 5.79. The number of imidazole rings is 1. The first-order valence-corrected chi connectivity index (χ1v) is 10.2. The third-order valence-electron chi connectivity index (χ3n) is 4.58. The van der Waals surface area contributed by atoms with E-state index in [0.29, 0.717) is 19.0 Å². The molecule has 154 valence electrons. The number of aryl methyl sites for hydroxylation is 2. The lowest BCUT2D eigenvalue weighted by Gasteiger charge is -2.13. The number of benzene rings is 1. The van der Waals surface area contributed by atoms with Gasteiger partial charge in [-0.25, -0.2) is 15.0 Å². The van der Waals surface area contributed by atoms with Crippen LogP contribution in [-0.2, 0) is 13.1 Å². The highest BCUT2D eigenvalue weighted by Crippen LogP contribution is 2.16. The molecule has 0 saturated carbocycles. The molecule has 2 N–H and O–H groups in total. The van der Waals surface area contributed by atoms with Crippen LogP contribution in [0.1, 0.15) is 31.7 Å². The lowest BCUT2D eigenvalue weighted by atomic mass is 10.3. The highest BCUT2D eigenvalue weighted by Gasteiger charge is 2.07. The molecular formula is C22H30N6O. The van der Waals surface area contributed by atoms with Crippen molar-refractivity contribution in [2.24, 2.45) is 4.99 Å².